The Hall–Kier alpha value is -1.58. The van der Waals surface area contributed by atoms with Crippen LogP contribution >= 0.6 is 0 Å². The van der Waals surface area contributed by atoms with Crippen molar-refractivity contribution in [3.8, 4) is 5.75 Å². The van der Waals surface area contributed by atoms with Crippen LogP contribution in [-0.2, 0) is 6.42 Å². The van der Waals surface area contributed by atoms with E-state index in [1.165, 1.54) is 16.3 Å². The molecule has 0 aliphatic carbocycles. The lowest BCUT2D eigenvalue weighted by Crippen LogP contribution is -2.23. The third-order valence-electron chi connectivity index (χ3n) is 3.39. The Bertz CT molecular complexity index is 539. The van der Waals surface area contributed by atoms with Gasteiger partial charge in [-0.2, -0.15) is 0 Å². The summed E-state index contributed by atoms with van der Waals surface area (Å²) in [7, 11) is 1.68. The average Bonchev–Trinajstić information content (AvgIpc) is 2.44. The molecule has 3 heteroatoms. The van der Waals surface area contributed by atoms with E-state index in [9.17, 15) is 0 Å². The van der Waals surface area contributed by atoms with Crippen molar-refractivity contribution in [2.45, 2.75) is 25.3 Å². The maximum absolute atomic E-state index is 8.84. The monoisotopic (exact) mass is 259 g/mol. The first-order valence-electron chi connectivity index (χ1n) is 6.66. The van der Waals surface area contributed by atoms with Crippen LogP contribution in [0, 0.1) is 0 Å². The summed E-state index contributed by atoms with van der Waals surface area (Å²) < 4.78 is 5.24. The van der Waals surface area contributed by atoms with Crippen molar-refractivity contribution in [2.75, 3.05) is 13.7 Å². The van der Waals surface area contributed by atoms with Crippen molar-refractivity contribution in [2.24, 2.45) is 5.73 Å². The minimum absolute atomic E-state index is 0.0971. The van der Waals surface area contributed by atoms with Crippen molar-refractivity contribution in [1.29, 1.82) is 0 Å². The van der Waals surface area contributed by atoms with Crippen LogP contribution in [0.4, 0.5) is 0 Å². The fourth-order valence-electron chi connectivity index (χ4n) is 2.37. The third kappa shape index (κ3) is 3.46. The van der Waals surface area contributed by atoms with E-state index in [1.807, 2.05) is 12.1 Å². The zero-order valence-corrected chi connectivity index (χ0v) is 11.3. The first kappa shape index (κ1) is 13.8. The van der Waals surface area contributed by atoms with Gasteiger partial charge in [0.05, 0.1) is 7.11 Å². The molecule has 2 aromatic carbocycles. The van der Waals surface area contributed by atoms with E-state index in [1.54, 1.807) is 7.11 Å². The number of ether oxygens (including phenoxy) is 1. The lowest BCUT2D eigenvalue weighted by molar-refractivity contribution is 0.279. The van der Waals surface area contributed by atoms with E-state index in [-0.39, 0.29) is 12.6 Å². The van der Waals surface area contributed by atoms with Gasteiger partial charge >= 0.3 is 0 Å². The lowest BCUT2D eigenvalue weighted by Gasteiger charge is -2.13. The van der Waals surface area contributed by atoms with Gasteiger partial charge in [-0.25, -0.2) is 0 Å². The molecule has 2 aromatic rings. The Balaban J connectivity index is 2.23. The van der Waals surface area contributed by atoms with Crippen molar-refractivity contribution in [3.05, 3.63) is 42.0 Å². The third-order valence-corrected chi connectivity index (χ3v) is 3.39. The predicted molar refractivity (Wildman–Crippen MR) is 78.5 cm³/mol. The highest BCUT2D eigenvalue weighted by atomic mass is 16.5. The average molecular weight is 259 g/mol. The van der Waals surface area contributed by atoms with E-state index >= 15 is 0 Å². The molecule has 0 heterocycles. The molecule has 2 rings (SSSR count). The minimum Gasteiger partial charge on any atom is -0.497 e. The van der Waals surface area contributed by atoms with Crippen LogP contribution in [0.25, 0.3) is 10.8 Å². The topological polar surface area (TPSA) is 55.5 Å². The number of aliphatic hydroxyl groups is 1. The second-order valence-electron chi connectivity index (χ2n) is 4.83. The normalized spacial score (nSPS) is 12.6. The van der Waals surface area contributed by atoms with Crippen molar-refractivity contribution in [3.63, 3.8) is 0 Å². The molecule has 19 heavy (non-hydrogen) atoms. The summed E-state index contributed by atoms with van der Waals surface area (Å²) in [5.74, 6) is 0.870. The second kappa shape index (κ2) is 6.55. The van der Waals surface area contributed by atoms with Gasteiger partial charge in [-0.3, -0.25) is 0 Å². The SMILES string of the molecule is COc1ccc2c(CC(N)CCCO)cccc2c1. The Kier molecular flexibility index (Phi) is 4.77. The summed E-state index contributed by atoms with van der Waals surface area (Å²) in [5.41, 5.74) is 7.36. The maximum Gasteiger partial charge on any atom is 0.119 e. The molecule has 1 atom stereocenters. The highest BCUT2D eigenvalue weighted by molar-refractivity contribution is 5.87. The van der Waals surface area contributed by atoms with Crippen LogP contribution < -0.4 is 10.5 Å². The quantitative estimate of drug-likeness (QED) is 0.838. The molecule has 0 radical (unpaired) electrons. The van der Waals surface area contributed by atoms with Crippen LogP contribution in [0.3, 0.4) is 0 Å². The Labute approximate surface area is 114 Å². The van der Waals surface area contributed by atoms with Gasteiger partial charge in [-0.15, -0.1) is 0 Å². The summed E-state index contributed by atoms with van der Waals surface area (Å²) >= 11 is 0. The number of benzene rings is 2. The predicted octanol–water partition coefficient (Wildman–Crippen LogP) is 2.49. The summed E-state index contributed by atoms with van der Waals surface area (Å²) in [6.45, 7) is 0.209. The van der Waals surface area contributed by atoms with Gasteiger partial charge in [0.15, 0.2) is 0 Å². The number of fused-ring (bicyclic) bond motifs is 1. The van der Waals surface area contributed by atoms with Gasteiger partial charge in [-0.1, -0.05) is 24.3 Å². The summed E-state index contributed by atoms with van der Waals surface area (Å²) in [4.78, 5) is 0. The van der Waals surface area contributed by atoms with Gasteiger partial charge in [0.25, 0.3) is 0 Å². The molecule has 0 saturated heterocycles. The molecule has 0 bridgehead atoms. The molecule has 0 saturated carbocycles. The molecule has 0 spiro atoms. The van der Waals surface area contributed by atoms with E-state index in [0.717, 1.165) is 25.0 Å². The van der Waals surface area contributed by atoms with E-state index in [0.29, 0.717) is 0 Å². The highest BCUT2D eigenvalue weighted by Crippen LogP contribution is 2.24. The van der Waals surface area contributed by atoms with Gasteiger partial charge in [0.2, 0.25) is 0 Å². The number of methoxy groups -OCH3 is 1. The van der Waals surface area contributed by atoms with Crippen molar-refractivity contribution < 1.29 is 9.84 Å². The number of rotatable bonds is 6. The first-order chi connectivity index (χ1) is 9.24. The van der Waals surface area contributed by atoms with Crippen LogP contribution in [0.15, 0.2) is 36.4 Å². The fourth-order valence-corrected chi connectivity index (χ4v) is 2.37. The van der Waals surface area contributed by atoms with E-state index < -0.39 is 0 Å². The molecular formula is C16H21NO2. The second-order valence-corrected chi connectivity index (χ2v) is 4.83. The standard InChI is InChI=1S/C16H21NO2/c1-19-15-7-8-16-12(4-2-5-13(16)11-15)10-14(17)6-3-9-18/h2,4-5,7-8,11,14,18H,3,6,9-10,17H2,1H3. The molecular weight excluding hydrogens is 238 g/mol. The molecule has 0 aromatic heterocycles. The minimum atomic E-state index is 0.0971. The van der Waals surface area contributed by atoms with Gasteiger partial charge < -0.3 is 15.6 Å². The van der Waals surface area contributed by atoms with Crippen molar-refractivity contribution >= 4 is 10.8 Å². The highest BCUT2D eigenvalue weighted by Gasteiger charge is 2.07. The van der Waals surface area contributed by atoms with Crippen LogP contribution in [-0.4, -0.2) is 24.9 Å². The van der Waals surface area contributed by atoms with Gasteiger partial charge in [0.1, 0.15) is 5.75 Å². The zero-order valence-electron chi connectivity index (χ0n) is 11.3. The van der Waals surface area contributed by atoms with Crippen LogP contribution in [0.5, 0.6) is 5.75 Å². The largest absolute Gasteiger partial charge is 0.497 e. The van der Waals surface area contributed by atoms with Gasteiger partial charge in [-0.05, 0) is 47.7 Å². The van der Waals surface area contributed by atoms with Crippen molar-refractivity contribution in [1.82, 2.24) is 0 Å². The molecule has 3 nitrogen and oxygen atoms in total. The molecule has 3 N–H and O–H groups in total. The summed E-state index contributed by atoms with van der Waals surface area (Å²) in [5, 5.41) is 11.2. The lowest BCUT2D eigenvalue weighted by atomic mass is 9.97. The molecule has 0 fully saturated rings. The van der Waals surface area contributed by atoms with E-state index in [4.69, 9.17) is 15.6 Å². The molecule has 0 aliphatic heterocycles. The molecule has 1 unspecified atom stereocenters. The van der Waals surface area contributed by atoms with Crippen LogP contribution in [0.2, 0.25) is 0 Å². The Morgan fingerprint density at radius 3 is 2.84 bits per heavy atom. The first-order valence-corrected chi connectivity index (χ1v) is 6.66. The number of aliphatic hydroxyl groups excluding tert-OH is 1. The zero-order chi connectivity index (χ0) is 13.7. The van der Waals surface area contributed by atoms with E-state index in [2.05, 4.69) is 24.3 Å². The molecule has 0 amide bonds. The Morgan fingerprint density at radius 1 is 1.26 bits per heavy atom. The number of hydrogen-bond donors (Lipinski definition) is 2. The Morgan fingerprint density at radius 2 is 2.11 bits per heavy atom. The maximum atomic E-state index is 8.84. The smallest absolute Gasteiger partial charge is 0.119 e. The fraction of sp³-hybridized carbons (Fsp3) is 0.375. The molecule has 102 valence electrons. The summed E-state index contributed by atoms with van der Waals surface area (Å²) in [6.07, 6.45) is 2.45. The summed E-state index contributed by atoms with van der Waals surface area (Å²) in [6, 6.07) is 12.5. The number of nitrogens with two attached hydrogens (primary N) is 1. The molecule has 0 aliphatic rings. The van der Waals surface area contributed by atoms with Crippen LogP contribution in [0.1, 0.15) is 18.4 Å². The number of hydrogen-bond acceptors (Lipinski definition) is 3. The van der Waals surface area contributed by atoms with Gasteiger partial charge in [0, 0.05) is 12.6 Å².